The number of carbonyl (C=O) groups is 1. The molecule has 1 atom stereocenters. The lowest BCUT2D eigenvalue weighted by Gasteiger charge is -2.22. The lowest BCUT2D eigenvalue weighted by molar-refractivity contribution is -0.119. The first-order chi connectivity index (χ1) is 13.4. The molecule has 146 valence electrons. The minimum Gasteiger partial charge on any atom is -0.301 e. The molecule has 0 spiro atoms. The fourth-order valence-electron chi connectivity index (χ4n) is 3.09. The quantitative estimate of drug-likeness (QED) is 0.486. The third-order valence-corrected chi connectivity index (χ3v) is 9.20. The largest absolute Gasteiger partial charge is 0.301 e. The second kappa shape index (κ2) is 8.19. The van der Waals surface area contributed by atoms with Crippen LogP contribution in [0, 0.1) is 3.57 Å². The molecule has 3 aromatic rings. The van der Waals surface area contributed by atoms with Gasteiger partial charge in [0.15, 0.2) is 5.13 Å². The number of halogens is 1. The molecule has 1 fully saturated rings. The Morgan fingerprint density at radius 2 is 2.00 bits per heavy atom. The lowest BCUT2D eigenvalue weighted by Crippen LogP contribution is -2.42. The Hall–Kier alpha value is -1.34. The zero-order valence-electron chi connectivity index (χ0n) is 14.5. The van der Waals surface area contributed by atoms with Crippen LogP contribution in [0.25, 0.3) is 11.3 Å². The van der Waals surface area contributed by atoms with Gasteiger partial charge in [-0.1, -0.05) is 18.2 Å². The summed E-state index contributed by atoms with van der Waals surface area (Å²) in [6, 6.07) is 10.5. The van der Waals surface area contributed by atoms with Crippen molar-refractivity contribution in [2.45, 2.75) is 23.1 Å². The molecule has 6 nitrogen and oxygen atoms in total. The van der Waals surface area contributed by atoms with E-state index in [2.05, 4.69) is 32.9 Å². The zero-order valence-corrected chi connectivity index (χ0v) is 19.1. The zero-order chi connectivity index (χ0) is 19.7. The number of nitrogens with one attached hydrogen (secondary N) is 1. The normalized spacial score (nSPS) is 17.7. The molecule has 10 heteroatoms. The number of benzene rings is 1. The van der Waals surface area contributed by atoms with E-state index >= 15 is 0 Å². The lowest BCUT2D eigenvalue weighted by atomic mass is 10.2. The van der Waals surface area contributed by atoms with Gasteiger partial charge in [0.1, 0.15) is 10.3 Å². The molecular weight excluding hydrogens is 529 g/mol. The molecule has 0 radical (unpaired) electrons. The summed E-state index contributed by atoms with van der Waals surface area (Å²) in [6.45, 7) is 0.351. The number of amides is 1. The fraction of sp³-hybridized carbons (Fsp3) is 0.222. The maximum atomic E-state index is 12.8. The first kappa shape index (κ1) is 20.0. The van der Waals surface area contributed by atoms with E-state index in [-0.39, 0.29) is 10.1 Å². The number of hydrogen-bond acceptors (Lipinski definition) is 6. The van der Waals surface area contributed by atoms with Crippen LogP contribution in [-0.4, -0.2) is 36.2 Å². The molecule has 1 aliphatic rings. The van der Waals surface area contributed by atoms with Gasteiger partial charge in [0.2, 0.25) is 5.91 Å². The Morgan fingerprint density at radius 1 is 1.21 bits per heavy atom. The Morgan fingerprint density at radius 3 is 2.71 bits per heavy atom. The minimum atomic E-state index is -3.65. The van der Waals surface area contributed by atoms with E-state index < -0.39 is 16.1 Å². The van der Waals surface area contributed by atoms with Crippen molar-refractivity contribution in [3.05, 3.63) is 50.7 Å². The third-order valence-electron chi connectivity index (χ3n) is 4.44. The average Bonchev–Trinajstić information content (AvgIpc) is 3.43. The van der Waals surface area contributed by atoms with Gasteiger partial charge in [-0.25, -0.2) is 13.4 Å². The van der Waals surface area contributed by atoms with Crippen LogP contribution in [0.3, 0.4) is 0 Å². The molecule has 1 N–H and O–H groups in total. The molecule has 1 amide bonds. The van der Waals surface area contributed by atoms with E-state index in [0.717, 1.165) is 26.2 Å². The minimum absolute atomic E-state index is 0.266. The number of sulfonamides is 1. The number of thiophene rings is 1. The first-order valence-electron chi connectivity index (χ1n) is 8.53. The number of carbonyl (C=O) groups excluding carboxylic acids is 1. The van der Waals surface area contributed by atoms with Crippen molar-refractivity contribution < 1.29 is 13.2 Å². The van der Waals surface area contributed by atoms with E-state index in [1.54, 1.807) is 17.5 Å². The average molecular weight is 545 g/mol. The van der Waals surface area contributed by atoms with E-state index in [0.29, 0.717) is 24.5 Å². The Balaban J connectivity index is 1.50. The van der Waals surface area contributed by atoms with Gasteiger partial charge in [0.25, 0.3) is 10.0 Å². The smallest absolute Gasteiger partial charge is 0.253 e. The van der Waals surface area contributed by atoms with Gasteiger partial charge < -0.3 is 5.32 Å². The maximum absolute atomic E-state index is 12.8. The molecule has 3 heterocycles. The summed E-state index contributed by atoms with van der Waals surface area (Å²) in [5.74, 6) is -0.332. The highest BCUT2D eigenvalue weighted by Crippen LogP contribution is 2.30. The summed E-state index contributed by atoms with van der Waals surface area (Å²) < 4.78 is 28.4. The molecule has 1 saturated heterocycles. The predicted octanol–water partition coefficient (Wildman–Crippen LogP) is 4.27. The third kappa shape index (κ3) is 4.01. The SMILES string of the molecule is O=C(Nc1nc(-c2ccc(I)cc2)cs1)C1CCCN1S(=O)(=O)c1cccs1. The summed E-state index contributed by atoms with van der Waals surface area (Å²) in [6.07, 6.45) is 1.17. The van der Waals surface area contributed by atoms with Crippen molar-refractivity contribution in [1.82, 2.24) is 9.29 Å². The predicted molar refractivity (Wildman–Crippen MR) is 120 cm³/mol. The van der Waals surface area contributed by atoms with Crippen LogP contribution in [-0.2, 0) is 14.8 Å². The highest BCUT2D eigenvalue weighted by atomic mass is 127. The highest BCUT2D eigenvalue weighted by molar-refractivity contribution is 14.1. The van der Waals surface area contributed by atoms with E-state index in [4.69, 9.17) is 0 Å². The van der Waals surface area contributed by atoms with Crippen LogP contribution in [0.2, 0.25) is 0 Å². The molecule has 0 bridgehead atoms. The summed E-state index contributed by atoms with van der Waals surface area (Å²) in [5.41, 5.74) is 1.76. The van der Waals surface area contributed by atoms with Gasteiger partial charge in [0.05, 0.1) is 5.69 Å². The standard InChI is InChI=1S/C18H16IN3O3S3/c19-13-7-5-12(6-8-13)14-11-27-18(20-14)21-17(23)15-3-1-9-22(15)28(24,25)16-4-2-10-26-16/h2,4-8,10-11,15H,1,3,9H2,(H,20,21,23). The molecule has 1 unspecified atom stereocenters. The topological polar surface area (TPSA) is 79.4 Å². The summed E-state index contributed by atoms with van der Waals surface area (Å²) >= 11 is 4.74. The van der Waals surface area contributed by atoms with Crippen molar-refractivity contribution in [1.29, 1.82) is 0 Å². The number of rotatable bonds is 5. The monoisotopic (exact) mass is 545 g/mol. The molecule has 4 rings (SSSR count). The van der Waals surface area contributed by atoms with Gasteiger partial charge in [-0.2, -0.15) is 4.31 Å². The summed E-state index contributed by atoms with van der Waals surface area (Å²) in [5, 5.41) is 6.87. The van der Waals surface area contributed by atoms with Crippen LogP contribution >= 0.6 is 45.3 Å². The Kier molecular flexibility index (Phi) is 5.83. The molecule has 0 saturated carbocycles. The van der Waals surface area contributed by atoms with Gasteiger partial charge >= 0.3 is 0 Å². The number of aromatic nitrogens is 1. The number of hydrogen-bond donors (Lipinski definition) is 1. The van der Waals surface area contributed by atoms with Crippen molar-refractivity contribution in [3.8, 4) is 11.3 Å². The van der Waals surface area contributed by atoms with E-state index in [1.807, 2.05) is 29.6 Å². The van der Waals surface area contributed by atoms with E-state index in [1.165, 1.54) is 15.6 Å². The molecule has 1 aromatic carbocycles. The van der Waals surface area contributed by atoms with Gasteiger partial charge in [-0.3, -0.25) is 4.79 Å². The molecule has 0 aliphatic carbocycles. The van der Waals surface area contributed by atoms with Crippen LogP contribution < -0.4 is 5.32 Å². The van der Waals surface area contributed by atoms with Crippen molar-refractivity contribution >= 4 is 66.3 Å². The van der Waals surface area contributed by atoms with Crippen LogP contribution in [0.4, 0.5) is 5.13 Å². The number of thiazole rings is 1. The highest BCUT2D eigenvalue weighted by Gasteiger charge is 2.40. The molecule has 28 heavy (non-hydrogen) atoms. The Bertz CT molecular complexity index is 1080. The van der Waals surface area contributed by atoms with Crippen LogP contribution in [0.1, 0.15) is 12.8 Å². The molecule has 2 aromatic heterocycles. The van der Waals surface area contributed by atoms with Gasteiger partial charge in [-0.05, 0) is 59.0 Å². The van der Waals surface area contributed by atoms with Crippen molar-refractivity contribution in [2.75, 3.05) is 11.9 Å². The number of nitrogens with zero attached hydrogens (tertiary/aromatic N) is 2. The van der Waals surface area contributed by atoms with Crippen LogP contribution in [0.5, 0.6) is 0 Å². The van der Waals surface area contributed by atoms with Crippen LogP contribution in [0.15, 0.2) is 51.4 Å². The Labute approximate surface area is 184 Å². The van der Waals surface area contributed by atoms with Crippen molar-refractivity contribution in [2.24, 2.45) is 0 Å². The summed E-state index contributed by atoms with van der Waals surface area (Å²) in [7, 11) is -3.65. The number of anilines is 1. The van der Waals surface area contributed by atoms with Crippen molar-refractivity contribution in [3.63, 3.8) is 0 Å². The fourth-order valence-corrected chi connectivity index (χ4v) is 6.95. The molecular formula is C18H16IN3O3S3. The second-order valence-corrected chi connectivity index (χ2v) is 11.4. The maximum Gasteiger partial charge on any atom is 0.253 e. The van der Waals surface area contributed by atoms with Gasteiger partial charge in [0, 0.05) is 21.1 Å². The summed E-state index contributed by atoms with van der Waals surface area (Å²) in [4.78, 5) is 17.3. The second-order valence-electron chi connectivity index (χ2n) is 6.24. The molecule has 1 aliphatic heterocycles. The van der Waals surface area contributed by atoms with Gasteiger partial charge in [-0.15, -0.1) is 22.7 Å². The first-order valence-corrected chi connectivity index (χ1v) is 12.8. The van der Waals surface area contributed by atoms with E-state index in [9.17, 15) is 13.2 Å².